The number of allylic oxidation sites excluding steroid dienone is 1. The molecule has 4 heteroatoms. The summed E-state index contributed by atoms with van der Waals surface area (Å²) in [5, 5.41) is 3.43. The molecule has 2 unspecified atom stereocenters. The van der Waals surface area contributed by atoms with E-state index in [1.165, 1.54) is 36.1 Å². The van der Waals surface area contributed by atoms with Crippen LogP contribution in [0.2, 0.25) is 0 Å². The number of nitrogens with zero attached hydrogens (tertiary/aromatic N) is 2. The lowest BCUT2D eigenvalue weighted by Crippen LogP contribution is -2.48. The van der Waals surface area contributed by atoms with Crippen LogP contribution in [0, 0.1) is 5.92 Å². The maximum absolute atomic E-state index is 6.53. The minimum Gasteiger partial charge on any atom is -0.484 e. The summed E-state index contributed by atoms with van der Waals surface area (Å²) in [4.78, 5) is 7.62. The fraction of sp³-hybridized carbons (Fsp3) is 0.571. The second-order valence-electron chi connectivity index (χ2n) is 7.68. The van der Waals surface area contributed by atoms with Gasteiger partial charge in [0.15, 0.2) is 0 Å². The zero-order valence-electron chi connectivity index (χ0n) is 14.8. The summed E-state index contributed by atoms with van der Waals surface area (Å²) in [7, 11) is 0. The predicted molar refractivity (Wildman–Crippen MR) is 100 cm³/mol. The topological polar surface area (TPSA) is 36.9 Å². The first-order valence-electron chi connectivity index (χ1n) is 9.86. The van der Waals surface area contributed by atoms with Crippen LogP contribution in [0.25, 0.3) is 0 Å². The molecule has 132 valence electrons. The van der Waals surface area contributed by atoms with Crippen molar-refractivity contribution in [1.29, 1.82) is 0 Å². The molecule has 0 aromatic heterocycles. The van der Waals surface area contributed by atoms with Crippen molar-refractivity contribution in [2.45, 2.75) is 44.4 Å². The van der Waals surface area contributed by atoms with E-state index in [1.54, 1.807) is 0 Å². The Morgan fingerprint density at radius 3 is 2.92 bits per heavy atom. The van der Waals surface area contributed by atoms with Crippen molar-refractivity contribution in [2.24, 2.45) is 10.9 Å². The van der Waals surface area contributed by atoms with Gasteiger partial charge in [0.1, 0.15) is 18.0 Å². The Labute approximate surface area is 150 Å². The molecular weight excluding hydrogens is 310 g/mol. The first-order chi connectivity index (χ1) is 12.4. The molecule has 5 rings (SSSR count). The highest BCUT2D eigenvalue weighted by atomic mass is 16.5. The quantitative estimate of drug-likeness (QED) is 0.862. The number of hydrogen-bond donors (Lipinski definition) is 1. The third-order valence-corrected chi connectivity index (χ3v) is 6.14. The second kappa shape index (κ2) is 6.58. The lowest BCUT2D eigenvalue weighted by Gasteiger charge is -2.33. The first-order valence-corrected chi connectivity index (χ1v) is 9.86. The van der Waals surface area contributed by atoms with Gasteiger partial charge in [-0.1, -0.05) is 18.2 Å². The second-order valence-corrected chi connectivity index (χ2v) is 7.68. The molecule has 4 aliphatic rings. The number of fused-ring (bicyclic) bond motifs is 2. The lowest BCUT2D eigenvalue weighted by molar-refractivity contribution is 0.203. The Bertz CT molecular complexity index is 705. The molecule has 3 atom stereocenters. The van der Waals surface area contributed by atoms with Gasteiger partial charge in [0.25, 0.3) is 0 Å². The predicted octanol–water partition coefficient (Wildman–Crippen LogP) is 2.57. The average molecular weight is 337 g/mol. The molecular formula is C21H27N3O. The van der Waals surface area contributed by atoms with Crippen LogP contribution < -0.4 is 10.1 Å². The average Bonchev–Trinajstić information content (AvgIpc) is 3.30. The molecule has 2 aliphatic carbocycles. The Hall–Kier alpha value is -1.65. The van der Waals surface area contributed by atoms with Gasteiger partial charge < -0.3 is 10.1 Å². The van der Waals surface area contributed by atoms with Crippen LogP contribution in [0.3, 0.4) is 0 Å². The van der Waals surface area contributed by atoms with Gasteiger partial charge in [-0.2, -0.15) is 0 Å². The van der Waals surface area contributed by atoms with E-state index in [9.17, 15) is 0 Å². The maximum Gasteiger partial charge on any atom is 0.137 e. The standard InChI is InChI=1S/C21H27N3O/c1-3-15-4-2-6-18(17(15)5-1)25-19-9-7-16-8-10-20(23-21(16)19)24-13-11-22-12-14-24/h2,4,6,8,10,16,19-20,22H,1,3,5,7,9,11-14H2/t16?,19-,20?/m0/s1. The van der Waals surface area contributed by atoms with Crippen molar-refractivity contribution >= 4 is 5.71 Å². The zero-order valence-corrected chi connectivity index (χ0v) is 14.8. The Kier molecular flexibility index (Phi) is 4.10. The highest BCUT2D eigenvalue weighted by molar-refractivity contribution is 5.95. The molecule has 0 spiro atoms. The van der Waals surface area contributed by atoms with E-state index in [0.29, 0.717) is 5.92 Å². The van der Waals surface area contributed by atoms with Gasteiger partial charge in [-0.05, 0) is 55.4 Å². The molecule has 25 heavy (non-hydrogen) atoms. The molecule has 1 saturated heterocycles. The zero-order chi connectivity index (χ0) is 16.6. The molecule has 2 heterocycles. The minimum atomic E-state index is 0.160. The summed E-state index contributed by atoms with van der Waals surface area (Å²) in [5.41, 5.74) is 4.20. The maximum atomic E-state index is 6.53. The van der Waals surface area contributed by atoms with Gasteiger partial charge in [0, 0.05) is 32.1 Å². The summed E-state index contributed by atoms with van der Waals surface area (Å²) < 4.78 is 6.53. The number of aliphatic imine (C=N–C) groups is 1. The lowest BCUT2D eigenvalue weighted by atomic mass is 10.0. The molecule has 1 aromatic carbocycles. The van der Waals surface area contributed by atoms with Crippen LogP contribution in [-0.2, 0) is 12.8 Å². The van der Waals surface area contributed by atoms with Crippen molar-refractivity contribution in [1.82, 2.24) is 10.2 Å². The van der Waals surface area contributed by atoms with E-state index in [-0.39, 0.29) is 12.3 Å². The summed E-state index contributed by atoms with van der Waals surface area (Å²) in [6.07, 6.45) is 10.9. The fourth-order valence-electron chi connectivity index (χ4n) is 4.79. The van der Waals surface area contributed by atoms with Crippen LogP contribution in [0.1, 0.15) is 30.4 Å². The number of hydrogen-bond acceptors (Lipinski definition) is 4. The number of aryl methyl sites for hydroxylation is 1. The molecule has 4 nitrogen and oxygen atoms in total. The van der Waals surface area contributed by atoms with Crippen LogP contribution in [-0.4, -0.2) is 49.1 Å². The van der Waals surface area contributed by atoms with Crippen molar-refractivity contribution in [2.75, 3.05) is 26.2 Å². The number of piperazine rings is 1. The van der Waals surface area contributed by atoms with E-state index in [0.717, 1.165) is 44.8 Å². The van der Waals surface area contributed by atoms with Gasteiger partial charge in [-0.25, -0.2) is 0 Å². The van der Waals surface area contributed by atoms with E-state index in [1.807, 2.05) is 0 Å². The number of nitrogens with one attached hydrogen (secondary N) is 1. The van der Waals surface area contributed by atoms with Crippen LogP contribution in [0.4, 0.5) is 0 Å². The fourth-order valence-corrected chi connectivity index (χ4v) is 4.79. The Balaban J connectivity index is 1.36. The van der Waals surface area contributed by atoms with Crippen molar-refractivity contribution in [3.05, 3.63) is 41.5 Å². The molecule has 2 fully saturated rings. The summed E-state index contributed by atoms with van der Waals surface area (Å²) in [6.45, 7) is 4.28. The third-order valence-electron chi connectivity index (χ3n) is 6.14. The SMILES string of the molecule is C1=CC(N2CCNCC2)N=C2C1CC[C@@H]2Oc1cccc2c1CCC2. The van der Waals surface area contributed by atoms with E-state index >= 15 is 0 Å². The van der Waals surface area contributed by atoms with E-state index < -0.39 is 0 Å². The summed E-state index contributed by atoms with van der Waals surface area (Å²) in [5.74, 6) is 1.59. The molecule has 1 saturated carbocycles. The number of benzene rings is 1. The molecule has 0 radical (unpaired) electrons. The van der Waals surface area contributed by atoms with Gasteiger partial charge in [0.05, 0.1) is 5.71 Å². The number of rotatable bonds is 3. The van der Waals surface area contributed by atoms with Gasteiger partial charge >= 0.3 is 0 Å². The van der Waals surface area contributed by atoms with Gasteiger partial charge in [-0.3, -0.25) is 9.89 Å². The van der Waals surface area contributed by atoms with Crippen LogP contribution in [0.15, 0.2) is 35.3 Å². The molecule has 0 bridgehead atoms. The Morgan fingerprint density at radius 1 is 1.08 bits per heavy atom. The van der Waals surface area contributed by atoms with Crippen LogP contribution >= 0.6 is 0 Å². The largest absolute Gasteiger partial charge is 0.484 e. The highest BCUT2D eigenvalue weighted by Crippen LogP contribution is 2.35. The van der Waals surface area contributed by atoms with Crippen molar-refractivity contribution in [3.8, 4) is 5.75 Å². The van der Waals surface area contributed by atoms with Crippen molar-refractivity contribution < 1.29 is 4.74 Å². The first kappa shape index (κ1) is 15.6. The van der Waals surface area contributed by atoms with Crippen LogP contribution in [0.5, 0.6) is 5.75 Å². The van der Waals surface area contributed by atoms with E-state index in [4.69, 9.17) is 9.73 Å². The molecule has 0 amide bonds. The normalized spacial score (nSPS) is 31.5. The van der Waals surface area contributed by atoms with Crippen molar-refractivity contribution in [3.63, 3.8) is 0 Å². The van der Waals surface area contributed by atoms with E-state index in [2.05, 4.69) is 40.6 Å². The smallest absolute Gasteiger partial charge is 0.137 e. The molecule has 1 aromatic rings. The monoisotopic (exact) mass is 337 g/mol. The summed E-state index contributed by atoms with van der Waals surface area (Å²) >= 11 is 0. The number of dihydropyridines is 1. The summed E-state index contributed by atoms with van der Waals surface area (Å²) in [6, 6.07) is 6.57. The van der Waals surface area contributed by atoms with Gasteiger partial charge in [-0.15, -0.1) is 0 Å². The number of ether oxygens (including phenoxy) is 1. The minimum absolute atomic E-state index is 0.160. The third kappa shape index (κ3) is 2.91. The highest BCUT2D eigenvalue weighted by Gasteiger charge is 2.36. The Morgan fingerprint density at radius 2 is 2.00 bits per heavy atom. The molecule has 1 N–H and O–H groups in total. The van der Waals surface area contributed by atoms with Gasteiger partial charge in [0.2, 0.25) is 0 Å². The molecule has 2 aliphatic heterocycles.